The first-order chi connectivity index (χ1) is 9.19. The van der Waals surface area contributed by atoms with Crippen LogP contribution in [0, 0.1) is 11.8 Å². The van der Waals surface area contributed by atoms with Crippen molar-refractivity contribution in [2.45, 2.75) is 32.0 Å². The van der Waals surface area contributed by atoms with Crippen LogP contribution < -0.4 is 11.1 Å². The minimum absolute atomic E-state index is 0.0786. The van der Waals surface area contributed by atoms with Gasteiger partial charge in [0.1, 0.15) is 6.10 Å². The number of anilines is 1. The van der Waals surface area contributed by atoms with Crippen molar-refractivity contribution in [2.24, 2.45) is 5.73 Å². The molecule has 100 valence electrons. The molecular formula is C15H18N2O2. The molecule has 4 heteroatoms. The van der Waals surface area contributed by atoms with Gasteiger partial charge in [-0.1, -0.05) is 11.8 Å². The number of benzene rings is 1. The van der Waals surface area contributed by atoms with Gasteiger partial charge >= 0.3 is 0 Å². The molecule has 19 heavy (non-hydrogen) atoms. The number of carbonyl (C=O) groups excluding carboxylic acids is 1. The number of rotatable bonds is 2. The second-order valence-corrected chi connectivity index (χ2v) is 4.59. The maximum Gasteiger partial charge on any atom is 0.253 e. The van der Waals surface area contributed by atoms with E-state index in [4.69, 9.17) is 10.5 Å². The summed E-state index contributed by atoms with van der Waals surface area (Å²) in [4.78, 5) is 11.9. The Hall–Kier alpha value is -1.83. The molecule has 2 atom stereocenters. The second kappa shape index (κ2) is 6.37. The minimum Gasteiger partial charge on any atom is -0.365 e. The summed E-state index contributed by atoms with van der Waals surface area (Å²) >= 11 is 0. The maximum atomic E-state index is 11.9. The summed E-state index contributed by atoms with van der Waals surface area (Å²) in [5, 5.41) is 2.85. The van der Waals surface area contributed by atoms with Gasteiger partial charge < -0.3 is 15.8 Å². The van der Waals surface area contributed by atoms with E-state index >= 15 is 0 Å². The first kappa shape index (κ1) is 13.6. The van der Waals surface area contributed by atoms with E-state index in [1.807, 2.05) is 31.2 Å². The zero-order chi connectivity index (χ0) is 13.7. The van der Waals surface area contributed by atoms with E-state index in [1.165, 1.54) is 0 Å². The third kappa shape index (κ3) is 3.82. The topological polar surface area (TPSA) is 64.4 Å². The minimum atomic E-state index is -0.327. The number of nitrogens with one attached hydrogen (secondary N) is 1. The van der Waals surface area contributed by atoms with Crippen LogP contribution in [0.1, 0.15) is 25.3 Å². The van der Waals surface area contributed by atoms with Crippen molar-refractivity contribution < 1.29 is 9.53 Å². The molecular weight excluding hydrogens is 240 g/mol. The fraction of sp³-hybridized carbons (Fsp3) is 0.400. The van der Waals surface area contributed by atoms with E-state index in [1.54, 1.807) is 0 Å². The smallest absolute Gasteiger partial charge is 0.253 e. The molecule has 1 saturated heterocycles. The van der Waals surface area contributed by atoms with Gasteiger partial charge in [0, 0.05) is 11.3 Å². The predicted molar refractivity (Wildman–Crippen MR) is 74.6 cm³/mol. The first-order valence-corrected chi connectivity index (χ1v) is 6.44. The number of nitrogens with two attached hydrogens (primary N) is 1. The van der Waals surface area contributed by atoms with Crippen molar-refractivity contribution in [1.29, 1.82) is 0 Å². The summed E-state index contributed by atoms with van der Waals surface area (Å²) in [5.41, 5.74) is 6.95. The lowest BCUT2D eigenvalue weighted by Crippen LogP contribution is -2.27. The van der Waals surface area contributed by atoms with Gasteiger partial charge in [0.15, 0.2) is 0 Å². The standard InChI is InChI=1S/C15H18N2O2/c1-11-4-9-14(19-11)15(18)17-13-7-5-12(6-8-13)3-2-10-16/h5-8,11,14H,4,9-10,16H2,1H3,(H,17,18). The fourth-order valence-corrected chi connectivity index (χ4v) is 2.01. The molecule has 2 rings (SSSR count). The van der Waals surface area contributed by atoms with Crippen molar-refractivity contribution >= 4 is 11.6 Å². The molecule has 1 aromatic carbocycles. The highest BCUT2D eigenvalue weighted by molar-refractivity contribution is 5.94. The van der Waals surface area contributed by atoms with Crippen LogP contribution >= 0.6 is 0 Å². The van der Waals surface area contributed by atoms with E-state index in [2.05, 4.69) is 17.2 Å². The van der Waals surface area contributed by atoms with E-state index in [-0.39, 0.29) is 18.1 Å². The van der Waals surface area contributed by atoms with Crippen LogP contribution in [0.4, 0.5) is 5.69 Å². The zero-order valence-electron chi connectivity index (χ0n) is 11.0. The Morgan fingerprint density at radius 2 is 2.16 bits per heavy atom. The largest absolute Gasteiger partial charge is 0.365 e. The number of hydrogen-bond acceptors (Lipinski definition) is 3. The fourth-order valence-electron chi connectivity index (χ4n) is 2.01. The summed E-state index contributed by atoms with van der Waals surface area (Å²) < 4.78 is 5.52. The molecule has 4 nitrogen and oxygen atoms in total. The molecule has 0 aliphatic carbocycles. The lowest BCUT2D eigenvalue weighted by atomic mass is 10.2. The lowest BCUT2D eigenvalue weighted by Gasteiger charge is -2.11. The van der Waals surface area contributed by atoms with Crippen LogP contribution in [-0.2, 0) is 9.53 Å². The molecule has 0 saturated carbocycles. The van der Waals surface area contributed by atoms with Gasteiger partial charge in [0.2, 0.25) is 0 Å². The van der Waals surface area contributed by atoms with Gasteiger partial charge in [-0.15, -0.1) is 0 Å². The van der Waals surface area contributed by atoms with Crippen LogP contribution in [0.3, 0.4) is 0 Å². The Labute approximate surface area is 113 Å². The predicted octanol–water partition coefficient (Wildman–Crippen LogP) is 1.50. The number of ether oxygens (including phenoxy) is 1. The zero-order valence-corrected chi connectivity index (χ0v) is 11.0. The van der Waals surface area contributed by atoms with Crippen LogP contribution in [0.15, 0.2) is 24.3 Å². The molecule has 1 aliphatic heterocycles. The molecule has 1 heterocycles. The van der Waals surface area contributed by atoms with Crippen LogP contribution in [0.2, 0.25) is 0 Å². The number of carbonyl (C=O) groups is 1. The molecule has 3 N–H and O–H groups in total. The van der Waals surface area contributed by atoms with Gasteiger partial charge in [0.05, 0.1) is 12.6 Å². The van der Waals surface area contributed by atoms with Crippen LogP contribution in [0.25, 0.3) is 0 Å². The van der Waals surface area contributed by atoms with Crippen LogP contribution in [-0.4, -0.2) is 24.7 Å². The van der Waals surface area contributed by atoms with Crippen LogP contribution in [0.5, 0.6) is 0 Å². The number of hydrogen-bond donors (Lipinski definition) is 2. The van der Waals surface area contributed by atoms with Gasteiger partial charge in [-0.05, 0) is 44.0 Å². The Morgan fingerprint density at radius 3 is 2.74 bits per heavy atom. The average Bonchev–Trinajstić information content (AvgIpc) is 2.85. The molecule has 2 unspecified atom stereocenters. The summed E-state index contributed by atoms with van der Waals surface area (Å²) in [6.45, 7) is 2.33. The van der Waals surface area contributed by atoms with E-state index in [0.29, 0.717) is 6.54 Å². The number of amides is 1. The Kier molecular flexibility index (Phi) is 4.56. The van der Waals surface area contributed by atoms with E-state index < -0.39 is 0 Å². The molecule has 0 bridgehead atoms. The Morgan fingerprint density at radius 1 is 1.42 bits per heavy atom. The van der Waals surface area contributed by atoms with Gasteiger partial charge in [-0.2, -0.15) is 0 Å². The third-order valence-corrected chi connectivity index (χ3v) is 3.01. The van der Waals surface area contributed by atoms with Gasteiger partial charge in [-0.3, -0.25) is 4.79 Å². The quantitative estimate of drug-likeness (QED) is 0.790. The normalized spacial score (nSPS) is 21.6. The summed E-state index contributed by atoms with van der Waals surface area (Å²) in [7, 11) is 0. The van der Waals surface area contributed by atoms with Crippen molar-refractivity contribution in [3.8, 4) is 11.8 Å². The van der Waals surface area contributed by atoms with Crippen molar-refractivity contribution in [3.05, 3.63) is 29.8 Å². The van der Waals surface area contributed by atoms with Crippen molar-refractivity contribution in [1.82, 2.24) is 0 Å². The van der Waals surface area contributed by atoms with Crippen molar-refractivity contribution in [3.63, 3.8) is 0 Å². The summed E-state index contributed by atoms with van der Waals surface area (Å²) in [5.74, 6) is 5.64. The molecule has 1 aromatic rings. The molecule has 0 radical (unpaired) electrons. The molecule has 1 fully saturated rings. The Balaban J connectivity index is 1.94. The molecule has 1 amide bonds. The SMILES string of the molecule is CC1CCC(C(=O)Nc2ccc(C#CCN)cc2)O1. The lowest BCUT2D eigenvalue weighted by molar-refractivity contribution is -0.126. The molecule has 1 aliphatic rings. The third-order valence-electron chi connectivity index (χ3n) is 3.01. The first-order valence-electron chi connectivity index (χ1n) is 6.44. The summed E-state index contributed by atoms with van der Waals surface area (Å²) in [6.07, 6.45) is 1.56. The van der Waals surface area contributed by atoms with Gasteiger partial charge in [0.25, 0.3) is 5.91 Å². The highest BCUT2D eigenvalue weighted by Gasteiger charge is 2.27. The highest BCUT2D eigenvalue weighted by Crippen LogP contribution is 2.20. The van der Waals surface area contributed by atoms with Gasteiger partial charge in [-0.25, -0.2) is 0 Å². The monoisotopic (exact) mass is 258 g/mol. The molecule has 0 spiro atoms. The Bertz CT molecular complexity index is 499. The van der Waals surface area contributed by atoms with E-state index in [9.17, 15) is 4.79 Å². The molecule has 0 aromatic heterocycles. The van der Waals surface area contributed by atoms with Crippen molar-refractivity contribution in [2.75, 3.05) is 11.9 Å². The maximum absolute atomic E-state index is 11.9. The summed E-state index contributed by atoms with van der Waals surface area (Å²) in [6, 6.07) is 7.38. The average molecular weight is 258 g/mol. The second-order valence-electron chi connectivity index (χ2n) is 4.59. The van der Waals surface area contributed by atoms with E-state index in [0.717, 1.165) is 24.1 Å². The highest BCUT2D eigenvalue weighted by atomic mass is 16.5.